The van der Waals surface area contributed by atoms with Crippen LogP contribution in [0.2, 0.25) is 0 Å². The topological polar surface area (TPSA) is 50.6 Å². The van der Waals surface area contributed by atoms with E-state index in [2.05, 4.69) is 28.3 Å². The number of aryl methyl sites for hydroxylation is 1. The Bertz CT molecular complexity index is 559. The van der Waals surface area contributed by atoms with Gasteiger partial charge >= 0.3 is 0 Å². The number of imidazole rings is 1. The summed E-state index contributed by atoms with van der Waals surface area (Å²) in [6, 6.07) is 0.190. The molecule has 0 spiro atoms. The molecule has 24 heavy (non-hydrogen) atoms. The van der Waals surface area contributed by atoms with Crippen molar-refractivity contribution >= 4 is 5.91 Å². The van der Waals surface area contributed by atoms with E-state index in [4.69, 9.17) is 4.74 Å². The minimum absolute atomic E-state index is 0.190. The van der Waals surface area contributed by atoms with Crippen LogP contribution >= 0.6 is 0 Å². The maximum atomic E-state index is 12.7. The van der Waals surface area contributed by atoms with Gasteiger partial charge in [-0.1, -0.05) is 6.92 Å². The Morgan fingerprint density at radius 1 is 1.38 bits per heavy atom. The number of hydrogen-bond acceptors (Lipinski definition) is 4. The summed E-state index contributed by atoms with van der Waals surface area (Å²) in [5.41, 5.74) is 0. The van der Waals surface area contributed by atoms with E-state index in [-0.39, 0.29) is 18.1 Å². The summed E-state index contributed by atoms with van der Waals surface area (Å²) in [7, 11) is 2.02. The Morgan fingerprint density at radius 2 is 2.21 bits per heavy atom. The monoisotopic (exact) mass is 334 g/mol. The number of carbonyl (C=O) groups is 1. The van der Waals surface area contributed by atoms with Gasteiger partial charge in [0.25, 0.3) is 0 Å². The Hall–Kier alpha value is -1.40. The second-order valence-corrected chi connectivity index (χ2v) is 7.07. The summed E-state index contributed by atoms with van der Waals surface area (Å²) < 4.78 is 7.90. The lowest BCUT2D eigenvalue weighted by Gasteiger charge is -2.40. The summed E-state index contributed by atoms with van der Waals surface area (Å²) >= 11 is 0. The predicted molar refractivity (Wildman–Crippen MR) is 92.6 cm³/mol. The molecule has 134 valence electrons. The number of hydrogen-bond donors (Lipinski definition) is 0. The van der Waals surface area contributed by atoms with Gasteiger partial charge in [-0.25, -0.2) is 4.98 Å². The maximum Gasteiger partial charge on any atom is 0.222 e. The first-order valence-corrected chi connectivity index (χ1v) is 9.23. The van der Waals surface area contributed by atoms with Gasteiger partial charge in [-0.3, -0.25) is 9.69 Å². The third-order valence-electron chi connectivity index (χ3n) is 5.41. The summed E-state index contributed by atoms with van der Waals surface area (Å²) in [6.45, 7) is 7.73. The van der Waals surface area contributed by atoms with Crippen molar-refractivity contribution in [2.45, 2.75) is 57.8 Å². The van der Waals surface area contributed by atoms with Gasteiger partial charge in [0, 0.05) is 45.5 Å². The van der Waals surface area contributed by atoms with Crippen LogP contribution < -0.4 is 0 Å². The van der Waals surface area contributed by atoms with Gasteiger partial charge < -0.3 is 14.2 Å². The second-order valence-electron chi connectivity index (χ2n) is 7.07. The molecule has 6 heteroatoms. The molecule has 3 heterocycles. The number of ether oxygens (including phenoxy) is 1. The number of rotatable bonds is 5. The average molecular weight is 334 g/mol. The van der Waals surface area contributed by atoms with E-state index in [0.717, 1.165) is 51.3 Å². The van der Waals surface area contributed by atoms with Crippen molar-refractivity contribution < 1.29 is 9.53 Å². The van der Waals surface area contributed by atoms with Crippen LogP contribution in [0.1, 0.15) is 51.4 Å². The lowest BCUT2D eigenvalue weighted by Crippen LogP contribution is -2.51. The smallest absolute Gasteiger partial charge is 0.222 e. The molecule has 0 aliphatic carbocycles. The molecule has 6 nitrogen and oxygen atoms in total. The standard InChI is InChI=1S/C18H30N4O2/c1-4-21-11-12-22(13-16(21)18-19-9-10-20(18)3)17(23)8-7-15-6-5-14(2)24-15/h9-10,14-16H,4-8,11-13H2,1-3H3/t14-,15+,16+/m1/s1. The second kappa shape index (κ2) is 7.66. The quantitative estimate of drug-likeness (QED) is 0.826. The van der Waals surface area contributed by atoms with Crippen LogP contribution in [-0.4, -0.2) is 63.6 Å². The van der Waals surface area contributed by atoms with E-state index in [9.17, 15) is 4.79 Å². The van der Waals surface area contributed by atoms with Gasteiger partial charge in [0.1, 0.15) is 5.82 Å². The van der Waals surface area contributed by atoms with Crippen LogP contribution in [-0.2, 0) is 16.6 Å². The molecular formula is C18H30N4O2. The van der Waals surface area contributed by atoms with Crippen molar-refractivity contribution in [2.24, 2.45) is 7.05 Å². The third kappa shape index (κ3) is 3.81. The number of aromatic nitrogens is 2. The van der Waals surface area contributed by atoms with Gasteiger partial charge in [0.2, 0.25) is 5.91 Å². The maximum absolute atomic E-state index is 12.7. The zero-order valence-corrected chi connectivity index (χ0v) is 15.1. The molecule has 0 radical (unpaired) electrons. The van der Waals surface area contributed by atoms with Crippen molar-refractivity contribution in [3.05, 3.63) is 18.2 Å². The minimum atomic E-state index is 0.190. The molecule has 2 aliphatic rings. The fourth-order valence-corrected chi connectivity index (χ4v) is 3.91. The highest BCUT2D eigenvalue weighted by atomic mass is 16.5. The number of likely N-dealkylation sites (N-methyl/N-ethyl adjacent to an activating group) is 1. The van der Waals surface area contributed by atoms with Crippen LogP contribution in [0.3, 0.4) is 0 Å². The van der Waals surface area contributed by atoms with E-state index in [1.54, 1.807) is 0 Å². The molecule has 2 aliphatic heterocycles. The van der Waals surface area contributed by atoms with Gasteiger partial charge in [0.15, 0.2) is 0 Å². The minimum Gasteiger partial charge on any atom is -0.375 e. The van der Waals surface area contributed by atoms with Crippen molar-refractivity contribution in [3.8, 4) is 0 Å². The molecule has 0 bridgehead atoms. The molecule has 3 rings (SSSR count). The van der Waals surface area contributed by atoms with Crippen molar-refractivity contribution in [3.63, 3.8) is 0 Å². The normalized spacial score (nSPS) is 28.5. The lowest BCUT2D eigenvalue weighted by atomic mass is 10.1. The predicted octanol–water partition coefficient (Wildman–Crippen LogP) is 1.97. The third-order valence-corrected chi connectivity index (χ3v) is 5.41. The molecule has 1 aromatic rings. The highest BCUT2D eigenvalue weighted by Crippen LogP contribution is 2.26. The van der Waals surface area contributed by atoms with Gasteiger partial charge in [-0.05, 0) is 32.7 Å². The first-order chi connectivity index (χ1) is 11.6. The molecular weight excluding hydrogens is 304 g/mol. The van der Waals surface area contributed by atoms with Crippen LogP contribution in [0.25, 0.3) is 0 Å². The number of carbonyl (C=O) groups excluding carboxylic acids is 1. The first-order valence-electron chi connectivity index (χ1n) is 9.23. The zero-order valence-electron chi connectivity index (χ0n) is 15.1. The van der Waals surface area contributed by atoms with Crippen LogP contribution in [0.4, 0.5) is 0 Å². The Labute approximate surface area is 144 Å². The molecule has 3 atom stereocenters. The van der Waals surface area contributed by atoms with Gasteiger partial charge in [-0.15, -0.1) is 0 Å². The summed E-state index contributed by atoms with van der Waals surface area (Å²) in [4.78, 5) is 21.6. The van der Waals surface area contributed by atoms with Crippen LogP contribution in [0.15, 0.2) is 12.4 Å². The molecule has 2 fully saturated rings. The SMILES string of the molecule is CCN1CCN(C(=O)CC[C@@H]2CC[C@@H](C)O2)C[C@H]1c1nccn1C. The lowest BCUT2D eigenvalue weighted by molar-refractivity contribution is -0.135. The van der Waals surface area contributed by atoms with Crippen LogP contribution in [0.5, 0.6) is 0 Å². The number of nitrogens with zero attached hydrogens (tertiary/aromatic N) is 4. The molecule has 0 unspecified atom stereocenters. The number of piperazine rings is 1. The molecule has 0 saturated carbocycles. The fourth-order valence-electron chi connectivity index (χ4n) is 3.91. The average Bonchev–Trinajstić information content (AvgIpc) is 3.20. The van der Waals surface area contributed by atoms with Crippen molar-refractivity contribution in [1.29, 1.82) is 0 Å². The Morgan fingerprint density at radius 3 is 2.83 bits per heavy atom. The van der Waals surface area contributed by atoms with E-state index >= 15 is 0 Å². The van der Waals surface area contributed by atoms with E-state index in [1.807, 2.05) is 24.3 Å². The van der Waals surface area contributed by atoms with Gasteiger partial charge in [0.05, 0.1) is 18.2 Å². The molecule has 1 amide bonds. The van der Waals surface area contributed by atoms with E-state index in [1.165, 1.54) is 0 Å². The largest absolute Gasteiger partial charge is 0.375 e. The first kappa shape index (κ1) is 17.4. The summed E-state index contributed by atoms with van der Waals surface area (Å²) in [5.74, 6) is 1.30. The van der Waals surface area contributed by atoms with Crippen LogP contribution in [0, 0.1) is 0 Å². The Balaban J connectivity index is 1.58. The molecule has 0 N–H and O–H groups in total. The molecule has 2 saturated heterocycles. The number of amides is 1. The molecule has 1 aromatic heterocycles. The molecule has 0 aromatic carbocycles. The van der Waals surface area contributed by atoms with E-state index < -0.39 is 0 Å². The fraction of sp³-hybridized carbons (Fsp3) is 0.778. The van der Waals surface area contributed by atoms with Gasteiger partial charge in [-0.2, -0.15) is 0 Å². The highest BCUT2D eigenvalue weighted by Gasteiger charge is 2.32. The summed E-state index contributed by atoms with van der Waals surface area (Å²) in [6.07, 6.45) is 8.09. The highest BCUT2D eigenvalue weighted by molar-refractivity contribution is 5.76. The Kier molecular flexibility index (Phi) is 5.56. The zero-order chi connectivity index (χ0) is 17.1. The van der Waals surface area contributed by atoms with Crippen molar-refractivity contribution in [2.75, 3.05) is 26.2 Å². The summed E-state index contributed by atoms with van der Waals surface area (Å²) in [5, 5.41) is 0. The van der Waals surface area contributed by atoms with E-state index in [0.29, 0.717) is 12.5 Å². The van der Waals surface area contributed by atoms with Crippen molar-refractivity contribution in [1.82, 2.24) is 19.4 Å².